The number of allylic oxidation sites excluding steroid dienone is 5. The first kappa shape index (κ1) is 25.7. The van der Waals surface area contributed by atoms with Crippen molar-refractivity contribution in [2.24, 2.45) is 5.92 Å². The molecule has 0 radical (unpaired) electrons. The van der Waals surface area contributed by atoms with Crippen molar-refractivity contribution in [2.75, 3.05) is 7.11 Å². The van der Waals surface area contributed by atoms with Crippen LogP contribution in [0.4, 0.5) is 0 Å². The van der Waals surface area contributed by atoms with Crippen LogP contribution < -0.4 is 0 Å². The number of hydrogen-bond donors (Lipinski definition) is 1. The monoisotopic (exact) mass is 444 g/mol. The van der Waals surface area contributed by atoms with Crippen molar-refractivity contribution < 1.29 is 28.9 Å². The highest BCUT2D eigenvalue weighted by atomic mass is 16.7. The molecule has 6 nitrogen and oxygen atoms in total. The van der Waals surface area contributed by atoms with Crippen molar-refractivity contribution in [3.8, 4) is 0 Å². The zero-order valence-corrected chi connectivity index (χ0v) is 19.8. The summed E-state index contributed by atoms with van der Waals surface area (Å²) in [7, 11) is 1.52. The van der Waals surface area contributed by atoms with Crippen LogP contribution >= 0.6 is 0 Å². The Balaban J connectivity index is 1.66. The molecule has 32 heavy (non-hydrogen) atoms. The SMILES string of the molecule is CO[C@@H]1C=C(CCC/C(C)=C/C=C/[C@@H](C)CC/C=C(/C)C[C@H]2OC(=O)C(C)=C2O)C(=O)O1. The van der Waals surface area contributed by atoms with E-state index in [1.807, 2.05) is 6.92 Å². The minimum atomic E-state index is -0.541. The third kappa shape index (κ3) is 7.83. The van der Waals surface area contributed by atoms with Crippen LogP contribution in [0, 0.1) is 5.92 Å². The summed E-state index contributed by atoms with van der Waals surface area (Å²) in [4.78, 5) is 23.2. The number of ether oxygens (including phenoxy) is 3. The van der Waals surface area contributed by atoms with Gasteiger partial charge in [-0.05, 0) is 64.9 Å². The lowest BCUT2D eigenvalue weighted by Gasteiger charge is -2.11. The molecular formula is C26H36O6. The highest BCUT2D eigenvalue weighted by Crippen LogP contribution is 2.25. The Morgan fingerprint density at radius 3 is 2.59 bits per heavy atom. The van der Waals surface area contributed by atoms with Crippen LogP contribution in [0.5, 0.6) is 0 Å². The van der Waals surface area contributed by atoms with Crippen molar-refractivity contribution in [1.82, 2.24) is 0 Å². The molecular weight excluding hydrogens is 408 g/mol. The fourth-order valence-corrected chi connectivity index (χ4v) is 3.62. The van der Waals surface area contributed by atoms with Crippen LogP contribution in [0.25, 0.3) is 0 Å². The topological polar surface area (TPSA) is 82.1 Å². The molecule has 0 fully saturated rings. The molecule has 0 unspecified atom stereocenters. The minimum Gasteiger partial charge on any atom is -0.508 e. The molecule has 2 rings (SSSR count). The molecule has 0 aromatic carbocycles. The summed E-state index contributed by atoms with van der Waals surface area (Å²) in [5.74, 6) is -0.211. The second-order valence-corrected chi connectivity index (χ2v) is 8.67. The third-order valence-corrected chi connectivity index (χ3v) is 5.76. The molecule has 0 spiro atoms. The molecule has 0 bridgehead atoms. The summed E-state index contributed by atoms with van der Waals surface area (Å²) >= 11 is 0. The van der Waals surface area contributed by atoms with Crippen LogP contribution in [0.1, 0.15) is 66.2 Å². The summed E-state index contributed by atoms with van der Waals surface area (Å²) in [5.41, 5.74) is 3.38. The van der Waals surface area contributed by atoms with Gasteiger partial charge in [-0.15, -0.1) is 0 Å². The number of cyclic esters (lactones) is 2. The molecule has 3 atom stereocenters. The molecule has 0 saturated carbocycles. The zero-order valence-electron chi connectivity index (χ0n) is 19.8. The highest BCUT2D eigenvalue weighted by Gasteiger charge is 2.31. The normalized spacial score (nSPS) is 23.1. The van der Waals surface area contributed by atoms with E-state index < -0.39 is 18.4 Å². The van der Waals surface area contributed by atoms with Gasteiger partial charge in [0.15, 0.2) is 6.10 Å². The second kappa shape index (κ2) is 12.4. The molecule has 0 aromatic heterocycles. The summed E-state index contributed by atoms with van der Waals surface area (Å²) in [6.45, 7) is 7.87. The average Bonchev–Trinajstić information content (AvgIpc) is 3.22. The van der Waals surface area contributed by atoms with Gasteiger partial charge < -0.3 is 19.3 Å². The third-order valence-electron chi connectivity index (χ3n) is 5.76. The van der Waals surface area contributed by atoms with E-state index in [1.165, 1.54) is 12.7 Å². The number of aliphatic hydroxyl groups excluding tert-OH is 1. The molecule has 1 N–H and O–H groups in total. The number of carbonyl (C=O) groups excluding carboxylic acids is 2. The maximum atomic E-state index is 11.7. The first-order valence-electron chi connectivity index (χ1n) is 11.3. The Hall–Kier alpha value is -2.60. The number of aliphatic hydroxyl groups is 1. The number of carbonyl (C=O) groups is 2. The molecule has 0 amide bonds. The lowest BCUT2D eigenvalue weighted by molar-refractivity contribution is -0.155. The second-order valence-electron chi connectivity index (χ2n) is 8.67. The van der Waals surface area contributed by atoms with E-state index in [2.05, 4.69) is 38.2 Å². The number of esters is 2. The van der Waals surface area contributed by atoms with Gasteiger partial charge in [-0.1, -0.05) is 42.4 Å². The highest BCUT2D eigenvalue weighted by molar-refractivity contribution is 5.91. The van der Waals surface area contributed by atoms with Crippen molar-refractivity contribution in [2.45, 2.75) is 78.6 Å². The van der Waals surface area contributed by atoms with E-state index >= 15 is 0 Å². The van der Waals surface area contributed by atoms with Gasteiger partial charge in [0.25, 0.3) is 0 Å². The Labute approximate surface area is 191 Å². The maximum Gasteiger partial charge on any atom is 0.338 e. The van der Waals surface area contributed by atoms with Crippen molar-refractivity contribution in [3.05, 3.63) is 58.4 Å². The Kier molecular flexibility index (Phi) is 9.97. The smallest absolute Gasteiger partial charge is 0.338 e. The quantitative estimate of drug-likeness (QED) is 0.239. The van der Waals surface area contributed by atoms with Gasteiger partial charge >= 0.3 is 11.9 Å². The van der Waals surface area contributed by atoms with Gasteiger partial charge in [0.1, 0.15) is 5.76 Å². The van der Waals surface area contributed by atoms with Crippen LogP contribution in [-0.2, 0) is 23.8 Å². The molecule has 0 aliphatic carbocycles. The van der Waals surface area contributed by atoms with E-state index in [-0.39, 0.29) is 11.7 Å². The van der Waals surface area contributed by atoms with Gasteiger partial charge in [0.05, 0.1) is 5.57 Å². The van der Waals surface area contributed by atoms with E-state index in [9.17, 15) is 14.7 Å². The molecule has 2 aliphatic rings. The Morgan fingerprint density at radius 2 is 1.97 bits per heavy atom. The van der Waals surface area contributed by atoms with E-state index in [1.54, 1.807) is 13.0 Å². The standard InChI is InChI=1S/C26H36O6/c1-17(11-7-13-19(3)15-22-24(27)20(4)25(28)31-22)9-6-10-18(2)12-8-14-21-16-23(30-5)32-26(21)29/h6,9-10,13,16-17,22-23,27H,7-8,11-12,14-15H2,1-5H3/b9-6+,18-10+,19-13-/t17-,22-,23+/m1/s1. The molecule has 6 heteroatoms. The molecule has 0 saturated heterocycles. The fraction of sp³-hybridized carbons (Fsp3) is 0.538. The Morgan fingerprint density at radius 1 is 1.22 bits per heavy atom. The van der Waals surface area contributed by atoms with E-state index in [0.717, 1.165) is 31.3 Å². The molecule has 176 valence electrons. The number of hydrogen-bond acceptors (Lipinski definition) is 6. The lowest BCUT2D eigenvalue weighted by Crippen LogP contribution is -2.12. The first-order valence-corrected chi connectivity index (χ1v) is 11.3. The summed E-state index contributed by atoms with van der Waals surface area (Å²) < 4.78 is 15.3. The van der Waals surface area contributed by atoms with Crippen molar-refractivity contribution in [1.29, 1.82) is 0 Å². The minimum absolute atomic E-state index is 0.0558. The first-order chi connectivity index (χ1) is 15.2. The maximum absolute atomic E-state index is 11.7. The predicted molar refractivity (Wildman–Crippen MR) is 124 cm³/mol. The van der Waals surface area contributed by atoms with Crippen LogP contribution in [0.3, 0.4) is 0 Å². The van der Waals surface area contributed by atoms with Gasteiger partial charge in [0.2, 0.25) is 6.29 Å². The van der Waals surface area contributed by atoms with Crippen LogP contribution in [0.2, 0.25) is 0 Å². The largest absolute Gasteiger partial charge is 0.508 e. The summed E-state index contributed by atoms with van der Waals surface area (Å²) in [6.07, 6.45) is 14.2. The predicted octanol–water partition coefficient (Wildman–Crippen LogP) is 5.63. The van der Waals surface area contributed by atoms with Crippen LogP contribution in [0.15, 0.2) is 58.4 Å². The number of methoxy groups -OCH3 is 1. The van der Waals surface area contributed by atoms with E-state index in [0.29, 0.717) is 29.9 Å². The van der Waals surface area contributed by atoms with Crippen molar-refractivity contribution >= 4 is 11.9 Å². The summed E-state index contributed by atoms with van der Waals surface area (Å²) in [6, 6.07) is 0. The van der Waals surface area contributed by atoms with Gasteiger partial charge in [0, 0.05) is 19.1 Å². The molecule has 2 aliphatic heterocycles. The van der Waals surface area contributed by atoms with Crippen LogP contribution in [-0.4, -0.2) is 36.5 Å². The van der Waals surface area contributed by atoms with Gasteiger partial charge in [-0.3, -0.25) is 0 Å². The number of rotatable bonds is 12. The van der Waals surface area contributed by atoms with Gasteiger partial charge in [-0.25, -0.2) is 9.59 Å². The summed E-state index contributed by atoms with van der Waals surface area (Å²) in [5, 5.41) is 9.94. The molecule has 0 aromatic rings. The zero-order chi connectivity index (χ0) is 23.7. The fourth-order valence-electron chi connectivity index (χ4n) is 3.62. The van der Waals surface area contributed by atoms with Crippen molar-refractivity contribution in [3.63, 3.8) is 0 Å². The van der Waals surface area contributed by atoms with E-state index in [4.69, 9.17) is 14.2 Å². The lowest BCUT2D eigenvalue weighted by atomic mass is 10.0. The Bertz CT molecular complexity index is 842. The van der Waals surface area contributed by atoms with Gasteiger partial charge in [-0.2, -0.15) is 0 Å². The molecule has 2 heterocycles. The average molecular weight is 445 g/mol.